The molecule has 366 valence electrons. The number of rotatable bonds is 6. The molecule has 0 fully saturated rings. The molecule has 1 aliphatic carbocycles. The highest BCUT2D eigenvalue weighted by Gasteiger charge is 2.55. The van der Waals surface area contributed by atoms with Crippen LogP contribution in [0.25, 0.3) is 11.1 Å². The number of aryl methyl sites for hydroxylation is 1. The number of anilines is 8. The second-order valence-corrected chi connectivity index (χ2v) is 26.4. The normalized spacial score (nSPS) is 16.0. The van der Waals surface area contributed by atoms with Crippen molar-refractivity contribution in [3.63, 3.8) is 0 Å². The van der Waals surface area contributed by atoms with E-state index in [0.29, 0.717) is 23.0 Å². The van der Waals surface area contributed by atoms with Gasteiger partial charge in [-0.05, 0) is 151 Å². The minimum atomic E-state index is -3.01. The van der Waals surface area contributed by atoms with Crippen LogP contribution < -0.4 is 55.8 Å². The second-order valence-electron chi connectivity index (χ2n) is 22.7. The number of ether oxygens (including phenoxy) is 2. The van der Waals surface area contributed by atoms with Gasteiger partial charge in [-0.15, -0.1) is 0 Å². The predicted octanol–water partition coefficient (Wildman–Crippen LogP) is 14.1. The maximum absolute atomic E-state index is 6.94. The van der Waals surface area contributed by atoms with Gasteiger partial charge in [-0.3, -0.25) is 0 Å². The van der Waals surface area contributed by atoms with Gasteiger partial charge in [0.05, 0.1) is 0 Å². The second kappa shape index (κ2) is 16.5. The van der Waals surface area contributed by atoms with E-state index in [-0.39, 0.29) is 17.7 Å². The molecule has 0 N–H and O–H groups in total. The Morgan fingerprint density at radius 1 is 0.447 bits per heavy atom. The summed E-state index contributed by atoms with van der Waals surface area (Å²) >= 11 is 0. The Labute approximate surface area is 447 Å². The Morgan fingerprint density at radius 3 is 1.62 bits per heavy atom. The molecule has 0 unspecified atom stereocenters. The summed E-state index contributed by atoms with van der Waals surface area (Å²) in [5.41, 5.74) is 18.1. The lowest BCUT2D eigenvalue weighted by Gasteiger charge is -2.52. The zero-order valence-corrected chi connectivity index (χ0v) is 44.5. The lowest BCUT2D eigenvalue weighted by molar-refractivity contribution is 0.332. The molecule has 0 saturated carbocycles. The van der Waals surface area contributed by atoms with Crippen LogP contribution in [0.2, 0.25) is 0 Å². The first-order chi connectivity index (χ1) is 37.1. The van der Waals surface area contributed by atoms with Gasteiger partial charge in [0.2, 0.25) is 0 Å². The third-order valence-electron chi connectivity index (χ3n) is 17.5. The fourth-order valence-corrected chi connectivity index (χ4v) is 19.0. The Morgan fingerprint density at radius 2 is 0.987 bits per heavy atom. The molecule has 10 aromatic rings. The molecule has 0 aromatic heterocycles. The standard InChI is InChI=1S/C69H56BN3O2Si/c1-45-39-53-54(69(4,5)38-37-68(53,2)3)42-57(45)72-58-44-63-62(74-60-33-19-20-34-61(60)75-63)43-55(58)70-66-52(40-48(41-59(66)72)71(46-23-10-6-11-24-46)47-25-12-7-13-26-47)51-31-22-36-65-67(51)73(70)56-32-18-21-35-64(56)76(65,49-27-14-8-15-28-49)50-29-16-9-17-30-50/h6-36,39-44H,37-38H2,1-5H3. The van der Waals surface area contributed by atoms with Gasteiger partial charge in [0.15, 0.2) is 31.1 Å². The van der Waals surface area contributed by atoms with Crippen molar-refractivity contribution < 1.29 is 9.47 Å². The molecule has 0 atom stereocenters. The lowest BCUT2D eigenvalue weighted by atomic mass is 9.43. The highest BCUT2D eigenvalue weighted by atomic mass is 28.3. The number of benzene rings is 10. The van der Waals surface area contributed by atoms with Crippen LogP contribution in [0.15, 0.2) is 224 Å². The predicted molar refractivity (Wildman–Crippen MR) is 319 cm³/mol. The molecule has 7 heteroatoms. The number of hydrogen-bond acceptors (Lipinski definition) is 5. The number of nitrogens with zero attached hydrogens (tertiary/aromatic N) is 3. The molecule has 0 bridgehead atoms. The van der Waals surface area contributed by atoms with E-state index in [4.69, 9.17) is 9.47 Å². The SMILES string of the molecule is Cc1cc2c(cc1N1c3cc4c(cc3B3c5c(cc(N(c6ccccc6)c6ccccc6)cc51)-c1cccc5c1N3c1ccccc1[Si]5(c1ccccc1)c1ccccc1)Oc1ccccc1O4)C(C)(C)CCC2(C)C. The van der Waals surface area contributed by atoms with Crippen molar-refractivity contribution >= 4 is 92.1 Å². The quantitative estimate of drug-likeness (QED) is 0.155. The minimum absolute atomic E-state index is 0.0234. The molecule has 10 aromatic carbocycles. The van der Waals surface area contributed by atoms with Gasteiger partial charge in [0, 0.05) is 57.1 Å². The highest BCUT2D eigenvalue weighted by Crippen LogP contribution is 2.55. The Balaban J connectivity index is 1.11. The molecule has 5 nitrogen and oxygen atoms in total. The first-order valence-electron chi connectivity index (χ1n) is 26.9. The maximum atomic E-state index is 6.94. The molecular formula is C69H56BN3O2Si. The van der Waals surface area contributed by atoms with E-state index in [0.717, 1.165) is 46.7 Å². The fourth-order valence-electron chi connectivity index (χ4n) is 13.8. The van der Waals surface area contributed by atoms with Crippen molar-refractivity contribution in [2.24, 2.45) is 0 Å². The van der Waals surface area contributed by atoms with E-state index < -0.39 is 8.07 Å². The van der Waals surface area contributed by atoms with Crippen LogP contribution in [0, 0.1) is 6.92 Å². The fraction of sp³-hybridized carbons (Fsp3) is 0.130. The van der Waals surface area contributed by atoms with Crippen LogP contribution in [0.4, 0.5) is 45.5 Å². The van der Waals surface area contributed by atoms with E-state index in [1.807, 2.05) is 24.3 Å². The topological polar surface area (TPSA) is 28.2 Å². The molecule has 4 heterocycles. The van der Waals surface area contributed by atoms with Crippen molar-refractivity contribution in [2.45, 2.75) is 58.3 Å². The lowest BCUT2D eigenvalue weighted by Crippen LogP contribution is -2.79. The van der Waals surface area contributed by atoms with Crippen LogP contribution in [-0.4, -0.2) is 14.9 Å². The summed E-state index contributed by atoms with van der Waals surface area (Å²) < 4.78 is 13.9. The molecule has 15 rings (SSSR count). The summed E-state index contributed by atoms with van der Waals surface area (Å²) in [5.74, 6) is 2.84. The van der Waals surface area contributed by atoms with Crippen LogP contribution >= 0.6 is 0 Å². The third-order valence-corrected chi connectivity index (χ3v) is 22.3. The van der Waals surface area contributed by atoms with Crippen molar-refractivity contribution in [2.75, 3.05) is 14.6 Å². The van der Waals surface area contributed by atoms with E-state index in [1.165, 1.54) is 71.1 Å². The van der Waals surface area contributed by atoms with Crippen molar-refractivity contribution in [3.05, 3.63) is 241 Å². The summed E-state index contributed by atoms with van der Waals surface area (Å²) in [7, 11) is -3.01. The van der Waals surface area contributed by atoms with Gasteiger partial charge in [0.1, 0.15) is 0 Å². The van der Waals surface area contributed by atoms with Crippen LogP contribution in [0.1, 0.15) is 57.2 Å². The molecule has 0 radical (unpaired) electrons. The molecule has 4 aliphatic heterocycles. The van der Waals surface area contributed by atoms with E-state index in [1.54, 1.807) is 0 Å². The van der Waals surface area contributed by atoms with Crippen molar-refractivity contribution in [1.82, 2.24) is 0 Å². The van der Waals surface area contributed by atoms with E-state index >= 15 is 0 Å². The summed E-state index contributed by atoms with van der Waals surface area (Å²) in [6.45, 7) is 11.8. The zero-order chi connectivity index (χ0) is 51.1. The molecule has 76 heavy (non-hydrogen) atoms. The molecule has 0 amide bonds. The van der Waals surface area contributed by atoms with E-state index in [9.17, 15) is 0 Å². The molecule has 5 aliphatic rings. The van der Waals surface area contributed by atoms with Crippen molar-refractivity contribution in [1.29, 1.82) is 0 Å². The largest absolute Gasteiger partial charge is 0.450 e. The Kier molecular flexibility index (Phi) is 9.75. The summed E-state index contributed by atoms with van der Waals surface area (Å²) in [5, 5.41) is 5.49. The van der Waals surface area contributed by atoms with Crippen LogP contribution in [0.3, 0.4) is 0 Å². The van der Waals surface area contributed by atoms with Gasteiger partial charge in [-0.1, -0.05) is 179 Å². The average molecular weight is 998 g/mol. The van der Waals surface area contributed by atoms with Gasteiger partial charge >= 0.3 is 6.85 Å². The average Bonchev–Trinajstić information content (AvgIpc) is 3.50. The highest BCUT2D eigenvalue weighted by molar-refractivity contribution is 7.22. The smallest absolute Gasteiger partial charge is 0.333 e. The number of fused-ring (bicyclic) bond motifs is 9. The first kappa shape index (κ1) is 44.9. The Bertz CT molecular complexity index is 3920. The first-order valence-corrected chi connectivity index (χ1v) is 28.9. The van der Waals surface area contributed by atoms with Crippen LogP contribution in [0.5, 0.6) is 23.0 Å². The molecule has 0 spiro atoms. The minimum Gasteiger partial charge on any atom is -0.450 e. The van der Waals surface area contributed by atoms with Crippen LogP contribution in [-0.2, 0) is 10.8 Å². The zero-order valence-electron chi connectivity index (χ0n) is 43.5. The maximum Gasteiger partial charge on any atom is 0.333 e. The van der Waals surface area contributed by atoms with Crippen molar-refractivity contribution in [3.8, 4) is 34.1 Å². The molecule has 0 saturated heterocycles. The van der Waals surface area contributed by atoms with Gasteiger partial charge in [-0.25, -0.2) is 0 Å². The monoisotopic (exact) mass is 997 g/mol. The third kappa shape index (κ3) is 6.39. The summed E-state index contributed by atoms with van der Waals surface area (Å²) in [6, 6.07) is 83.7. The Hall–Kier alpha value is -8.52. The summed E-state index contributed by atoms with van der Waals surface area (Å²) in [6.07, 6.45) is 2.26. The van der Waals surface area contributed by atoms with E-state index in [2.05, 4.69) is 249 Å². The van der Waals surface area contributed by atoms with Gasteiger partial charge in [-0.2, -0.15) is 0 Å². The summed E-state index contributed by atoms with van der Waals surface area (Å²) in [4.78, 5) is 7.76. The number of para-hydroxylation sites is 6. The van der Waals surface area contributed by atoms with Gasteiger partial charge < -0.3 is 24.1 Å². The molecular weight excluding hydrogens is 942 g/mol. The van der Waals surface area contributed by atoms with Gasteiger partial charge in [0.25, 0.3) is 0 Å². The number of hydrogen-bond donors (Lipinski definition) is 0.